The van der Waals surface area contributed by atoms with E-state index < -0.39 is 17.8 Å². The van der Waals surface area contributed by atoms with Gasteiger partial charge in [-0.15, -0.1) is 0 Å². The van der Waals surface area contributed by atoms with Crippen LogP contribution in [0.5, 0.6) is 0 Å². The van der Waals surface area contributed by atoms with Crippen molar-refractivity contribution in [2.24, 2.45) is 22.0 Å². The molecule has 0 radical (unpaired) electrons. The number of rotatable bonds is 5. The Balaban J connectivity index is 1.59. The third-order valence-corrected chi connectivity index (χ3v) is 7.61. The highest BCUT2D eigenvalue weighted by Crippen LogP contribution is 2.45. The number of benzene rings is 3. The van der Waals surface area contributed by atoms with Crippen molar-refractivity contribution >= 4 is 81.0 Å². The molecular weight excluding hydrogens is 554 g/mol. The maximum Gasteiger partial charge on any atom is 0.256 e. The molecule has 5 rings (SSSR count). The summed E-state index contributed by atoms with van der Waals surface area (Å²) in [5.74, 6) is -2.76. The predicted octanol–water partition coefficient (Wildman–Crippen LogP) is 7.46. The number of halogens is 4. The van der Waals surface area contributed by atoms with Gasteiger partial charge in [0.1, 0.15) is 0 Å². The molecule has 2 amide bonds. The zero-order chi connectivity index (χ0) is 26.4. The van der Waals surface area contributed by atoms with Crippen molar-refractivity contribution < 1.29 is 9.59 Å². The molecule has 0 spiro atoms. The average Bonchev–Trinajstić information content (AvgIpc) is 3.32. The van der Waals surface area contributed by atoms with Crippen LogP contribution in [0.15, 0.2) is 76.9 Å². The van der Waals surface area contributed by atoms with Crippen LogP contribution in [0.3, 0.4) is 0 Å². The minimum absolute atomic E-state index is 0.276. The van der Waals surface area contributed by atoms with E-state index in [0.29, 0.717) is 48.5 Å². The first-order valence-corrected chi connectivity index (χ1v) is 12.9. The second-order valence-electron chi connectivity index (χ2n) is 8.88. The van der Waals surface area contributed by atoms with Gasteiger partial charge >= 0.3 is 0 Å². The van der Waals surface area contributed by atoms with E-state index in [-0.39, 0.29) is 11.8 Å². The number of hydrogen-bond acceptors (Lipinski definition) is 4. The maximum absolute atomic E-state index is 13.9. The standard InChI is InChI=1S/C27H20Cl4N4O2/c1-14-23(26(36)34(32-14)19-8-3-16(28)4-9-19)25(21-12-7-18(30)13-22(21)31)24-15(2)33-35(27(24)37)20-10-5-17(29)6-11-20/h3-13,23-25H,1-2H3. The van der Waals surface area contributed by atoms with Gasteiger partial charge in [-0.3, -0.25) is 9.59 Å². The van der Waals surface area contributed by atoms with Crippen LogP contribution >= 0.6 is 46.4 Å². The number of nitrogens with zero attached hydrogens (tertiary/aromatic N) is 4. The molecule has 2 unspecified atom stereocenters. The Labute approximate surface area is 234 Å². The van der Waals surface area contributed by atoms with Gasteiger partial charge in [-0.25, -0.2) is 10.0 Å². The van der Waals surface area contributed by atoms with Gasteiger partial charge in [0.15, 0.2) is 0 Å². The Morgan fingerprint density at radius 2 is 1.05 bits per heavy atom. The normalized spacial score (nSPS) is 20.4. The molecular formula is C27H20Cl4N4O2. The summed E-state index contributed by atoms with van der Waals surface area (Å²) in [6, 6.07) is 18.7. The molecule has 6 nitrogen and oxygen atoms in total. The fraction of sp³-hybridized carbons (Fsp3) is 0.185. The highest BCUT2D eigenvalue weighted by Gasteiger charge is 2.50. The van der Waals surface area contributed by atoms with Gasteiger partial charge in [0, 0.05) is 37.4 Å². The van der Waals surface area contributed by atoms with Gasteiger partial charge in [0.2, 0.25) is 0 Å². The summed E-state index contributed by atoms with van der Waals surface area (Å²) in [4.78, 5) is 27.8. The number of carbonyl (C=O) groups excluding carboxylic acids is 2. The van der Waals surface area contributed by atoms with E-state index in [1.165, 1.54) is 10.0 Å². The predicted molar refractivity (Wildman–Crippen MR) is 150 cm³/mol. The summed E-state index contributed by atoms with van der Waals surface area (Å²) in [7, 11) is 0. The van der Waals surface area contributed by atoms with Gasteiger partial charge in [-0.1, -0.05) is 52.5 Å². The topological polar surface area (TPSA) is 65.3 Å². The Bertz CT molecular complexity index is 1370. The number of hydrazone groups is 2. The zero-order valence-electron chi connectivity index (χ0n) is 19.7. The van der Waals surface area contributed by atoms with E-state index in [1.54, 1.807) is 80.6 Å². The lowest BCUT2D eigenvalue weighted by atomic mass is 9.73. The largest absolute Gasteiger partial charge is 0.272 e. The fourth-order valence-electron chi connectivity index (χ4n) is 4.84. The van der Waals surface area contributed by atoms with Crippen LogP contribution in [-0.2, 0) is 9.59 Å². The molecule has 0 N–H and O–H groups in total. The highest BCUT2D eigenvalue weighted by molar-refractivity contribution is 6.35. The molecule has 3 aromatic rings. The number of carbonyl (C=O) groups is 2. The highest BCUT2D eigenvalue weighted by atomic mass is 35.5. The molecule has 0 aliphatic carbocycles. The van der Waals surface area contributed by atoms with Crippen molar-refractivity contribution in [2.45, 2.75) is 19.8 Å². The first-order chi connectivity index (χ1) is 17.7. The summed E-state index contributed by atoms with van der Waals surface area (Å²) < 4.78 is 0. The lowest BCUT2D eigenvalue weighted by Gasteiger charge is -2.29. The molecule has 10 heteroatoms. The van der Waals surface area contributed by atoms with Crippen molar-refractivity contribution in [1.29, 1.82) is 0 Å². The molecule has 188 valence electrons. The molecule has 2 atom stereocenters. The lowest BCUT2D eigenvalue weighted by molar-refractivity contribution is -0.122. The third-order valence-electron chi connectivity index (χ3n) is 6.55. The van der Waals surface area contributed by atoms with Crippen LogP contribution in [0.4, 0.5) is 11.4 Å². The fourth-order valence-corrected chi connectivity index (χ4v) is 5.63. The Morgan fingerprint density at radius 3 is 1.46 bits per heavy atom. The van der Waals surface area contributed by atoms with Crippen LogP contribution in [0, 0.1) is 11.8 Å². The van der Waals surface area contributed by atoms with E-state index in [0.717, 1.165) is 0 Å². The number of hydrogen-bond donors (Lipinski definition) is 0. The summed E-state index contributed by atoms with van der Waals surface area (Å²) in [6.45, 7) is 3.55. The summed E-state index contributed by atoms with van der Waals surface area (Å²) >= 11 is 24.9. The Morgan fingerprint density at radius 1 is 0.649 bits per heavy atom. The molecule has 2 heterocycles. The smallest absolute Gasteiger partial charge is 0.256 e. The molecule has 3 aromatic carbocycles. The SMILES string of the molecule is CC1=NN(c2ccc(Cl)cc2)C(=O)C1C(c1ccc(Cl)cc1Cl)C1C(=O)N(c2ccc(Cl)cc2)N=C1C. The van der Waals surface area contributed by atoms with Crippen LogP contribution in [0.2, 0.25) is 20.1 Å². The number of anilines is 2. The second kappa shape index (κ2) is 10.1. The molecule has 37 heavy (non-hydrogen) atoms. The molecule has 0 fully saturated rings. The van der Waals surface area contributed by atoms with Gasteiger partial charge in [-0.05, 0) is 80.1 Å². The summed E-state index contributed by atoms with van der Waals surface area (Å²) in [5, 5.41) is 13.7. The Hall–Kier alpha value is -2.90. The first-order valence-electron chi connectivity index (χ1n) is 11.4. The van der Waals surface area contributed by atoms with Gasteiger partial charge in [0.25, 0.3) is 11.8 Å². The van der Waals surface area contributed by atoms with E-state index in [1.807, 2.05) is 0 Å². The zero-order valence-corrected chi connectivity index (χ0v) is 22.7. The molecule has 0 saturated heterocycles. The minimum Gasteiger partial charge on any atom is -0.272 e. The van der Waals surface area contributed by atoms with E-state index >= 15 is 0 Å². The average molecular weight is 574 g/mol. The van der Waals surface area contributed by atoms with Gasteiger partial charge in [-0.2, -0.15) is 10.2 Å². The van der Waals surface area contributed by atoms with E-state index in [4.69, 9.17) is 46.4 Å². The van der Waals surface area contributed by atoms with Crippen LogP contribution < -0.4 is 10.0 Å². The van der Waals surface area contributed by atoms with E-state index in [2.05, 4.69) is 10.2 Å². The molecule has 0 bridgehead atoms. The van der Waals surface area contributed by atoms with Crippen LogP contribution in [-0.4, -0.2) is 23.2 Å². The van der Waals surface area contributed by atoms with Crippen molar-refractivity contribution in [3.63, 3.8) is 0 Å². The molecule has 2 aliphatic heterocycles. The maximum atomic E-state index is 13.9. The molecule has 0 saturated carbocycles. The molecule has 2 aliphatic rings. The van der Waals surface area contributed by atoms with Crippen molar-refractivity contribution in [2.75, 3.05) is 10.0 Å². The summed E-state index contributed by atoms with van der Waals surface area (Å²) in [6.07, 6.45) is 0. The minimum atomic E-state index is -0.765. The van der Waals surface area contributed by atoms with Crippen LogP contribution in [0.25, 0.3) is 0 Å². The number of amides is 2. The molecule has 0 aromatic heterocycles. The lowest BCUT2D eigenvalue weighted by Crippen LogP contribution is -2.40. The van der Waals surface area contributed by atoms with Gasteiger partial charge < -0.3 is 0 Å². The third kappa shape index (κ3) is 4.75. The first kappa shape index (κ1) is 25.7. The van der Waals surface area contributed by atoms with Crippen LogP contribution in [0.1, 0.15) is 25.3 Å². The monoisotopic (exact) mass is 572 g/mol. The van der Waals surface area contributed by atoms with Crippen molar-refractivity contribution in [3.8, 4) is 0 Å². The second-order valence-corrected chi connectivity index (χ2v) is 10.6. The van der Waals surface area contributed by atoms with Gasteiger partial charge in [0.05, 0.1) is 23.2 Å². The van der Waals surface area contributed by atoms with Crippen molar-refractivity contribution in [3.05, 3.63) is 92.4 Å². The van der Waals surface area contributed by atoms with Crippen molar-refractivity contribution in [1.82, 2.24) is 0 Å². The quantitative estimate of drug-likeness (QED) is 0.318. The Kier molecular flexibility index (Phi) is 7.03. The van der Waals surface area contributed by atoms with E-state index in [9.17, 15) is 9.59 Å². The summed E-state index contributed by atoms with van der Waals surface area (Å²) in [5.41, 5.74) is 2.87.